The number of carbonyl (C=O) groups excluding carboxylic acids is 1. The maximum absolute atomic E-state index is 11.3. The molecule has 0 spiro atoms. The van der Waals surface area contributed by atoms with Crippen LogP contribution in [-0.4, -0.2) is 10.8 Å². The van der Waals surface area contributed by atoms with Crippen molar-refractivity contribution in [2.45, 2.75) is 26.7 Å². The smallest absolute Gasteiger partial charge is 0.159 e. The molecule has 0 bridgehead atoms. The van der Waals surface area contributed by atoms with Crippen molar-refractivity contribution < 1.29 is 4.79 Å². The van der Waals surface area contributed by atoms with Crippen LogP contribution in [-0.2, 0) is 0 Å². The molecule has 0 N–H and O–H groups in total. The van der Waals surface area contributed by atoms with Crippen molar-refractivity contribution in [1.29, 1.82) is 0 Å². The lowest BCUT2D eigenvalue weighted by atomic mass is 9.96. The summed E-state index contributed by atoms with van der Waals surface area (Å²) in [4.78, 5) is 15.7. The monoisotopic (exact) mass is 239 g/mol. The molecule has 1 aromatic heterocycles. The Kier molecular flexibility index (Phi) is 3.56. The Morgan fingerprint density at radius 1 is 1.11 bits per heavy atom. The molecule has 0 unspecified atom stereocenters. The van der Waals surface area contributed by atoms with Crippen LogP contribution in [0.15, 0.2) is 42.6 Å². The number of hydrogen-bond donors (Lipinski definition) is 0. The van der Waals surface area contributed by atoms with E-state index in [0.29, 0.717) is 5.92 Å². The molecular weight excluding hydrogens is 222 g/mol. The number of aromatic nitrogens is 1. The predicted molar refractivity (Wildman–Crippen MR) is 73.8 cm³/mol. The van der Waals surface area contributed by atoms with E-state index in [0.717, 1.165) is 22.4 Å². The predicted octanol–water partition coefficient (Wildman–Crippen LogP) is 4.07. The molecule has 0 saturated heterocycles. The van der Waals surface area contributed by atoms with Crippen LogP contribution in [0.2, 0.25) is 0 Å². The zero-order valence-corrected chi connectivity index (χ0v) is 11.0. The van der Waals surface area contributed by atoms with Gasteiger partial charge in [-0.05, 0) is 24.5 Å². The van der Waals surface area contributed by atoms with Crippen LogP contribution >= 0.6 is 0 Å². The van der Waals surface area contributed by atoms with Gasteiger partial charge >= 0.3 is 0 Å². The summed E-state index contributed by atoms with van der Waals surface area (Å²) in [5.74, 6) is 0.477. The third-order valence-corrected chi connectivity index (χ3v) is 2.99. The molecule has 0 radical (unpaired) electrons. The van der Waals surface area contributed by atoms with E-state index >= 15 is 0 Å². The van der Waals surface area contributed by atoms with Crippen molar-refractivity contribution in [3.8, 4) is 11.1 Å². The third kappa shape index (κ3) is 2.48. The van der Waals surface area contributed by atoms with Gasteiger partial charge < -0.3 is 0 Å². The largest absolute Gasteiger partial charge is 0.295 e. The molecule has 0 saturated carbocycles. The number of ketones is 1. The Labute approximate surface area is 108 Å². The number of pyridine rings is 1. The minimum atomic E-state index is 0.0943. The summed E-state index contributed by atoms with van der Waals surface area (Å²) in [7, 11) is 0. The fourth-order valence-corrected chi connectivity index (χ4v) is 2.01. The fraction of sp³-hybridized carbons (Fsp3) is 0.250. The number of benzene rings is 1. The first-order chi connectivity index (χ1) is 8.59. The lowest BCUT2D eigenvalue weighted by Crippen LogP contribution is -1.96. The third-order valence-electron chi connectivity index (χ3n) is 2.99. The van der Waals surface area contributed by atoms with Gasteiger partial charge in [0.15, 0.2) is 5.78 Å². The number of hydrogen-bond acceptors (Lipinski definition) is 2. The van der Waals surface area contributed by atoms with Gasteiger partial charge in [0.25, 0.3) is 0 Å². The first kappa shape index (κ1) is 12.5. The van der Waals surface area contributed by atoms with Crippen molar-refractivity contribution in [3.63, 3.8) is 0 Å². The molecule has 0 atom stereocenters. The van der Waals surface area contributed by atoms with Crippen LogP contribution in [0.1, 0.15) is 42.7 Å². The second-order valence-corrected chi connectivity index (χ2v) is 4.72. The highest BCUT2D eigenvalue weighted by molar-refractivity contribution is 5.94. The maximum Gasteiger partial charge on any atom is 0.159 e. The highest BCUT2D eigenvalue weighted by atomic mass is 16.1. The van der Waals surface area contributed by atoms with Crippen molar-refractivity contribution in [1.82, 2.24) is 4.98 Å². The van der Waals surface area contributed by atoms with E-state index in [1.807, 2.05) is 36.5 Å². The minimum absolute atomic E-state index is 0.0943. The van der Waals surface area contributed by atoms with Crippen LogP contribution in [0.25, 0.3) is 11.1 Å². The highest BCUT2D eigenvalue weighted by Gasteiger charge is 2.09. The zero-order valence-electron chi connectivity index (χ0n) is 11.0. The van der Waals surface area contributed by atoms with Gasteiger partial charge in [-0.15, -0.1) is 0 Å². The summed E-state index contributed by atoms with van der Waals surface area (Å²) >= 11 is 0. The van der Waals surface area contributed by atoms with Crippen LogP contribution < -0.4 is 0 Å². The Hall–Kier alpha value is -1.96. The molecule has 2 rings (SSSR count). The Balaban J connectivity index is 2.46. The van der Waals surface area contributed by atoms with Crippen LogP contribution in [0.3, 0.4) is 0 Å². The molecule has 0 aliphatic heterocycles. The van der Waals surface area contributed by atoms with Crippen LogP contribution in [0, 0.1) is 0 Å². The Morgan fingerprint density at radius 2 is 1.78 bits per heavy atom. The van der Waals surface area contributed by atoms with E-state index in [2.05, 4.69) is 24.9 Å². The van der Waals surface area contributed by atoms with Gasteiger partial charge in [0.1, 0.15) is 0 Å². The molecule has 2 heteroatoms. The quantitative estimate of drug-likeness (QED) is 0.755. The summed E-state index contributed by atoms with van der Waals surface area (Å²) in [6, 6.07) is 11.7. The van der Waals surface area contributed by atoms with E-state index in [-0.39, 0.29) is 5.78 Å². The summed E-state index contributed by atoms with van der Waals surface area (Å²) in [5.41, 5.74) is 4.08. The van der Waals surface area contributed by atoms with Gasteiger partial charge in [-0.25, -0.2) is 0 Å². The molecule has 2 nitrogen and oxygen atoms in total. The van der Waals surface area contributed by atoms with Gasteiger partial charge in [0.2, 0.25) is 0 Å². The summed E-state index contributed by atoms with van der Waals surface area (Å²) in [6.45, 7) is 5.85. The second-order valence-electron chi connectivity index (χ2n) is 4.72. The maximum atomic E-state index is 11.3. The highest BCUT2D eigenvalue weighted by Crippen LogP contribution is 2.27. The summed E-state index contributed by atoms with van der Waals surface area (Å²) < 4.78 is 0. The van der Waals surface area contributed by atoms with Crippen molar-refractivity contribution in [3.05, 3.63) is 53.9 Å². The normalized spacial score (nSPS) is 10.7. The van der Waals surface area contributed by atoms with Gasteiger partial charge in [-0.2, -0.15) is 0 Å². The molecule has 92 valence electrons. The van der Waals surface area contributed by atoms with Crippen LogP contribution in [0.4, 0.5) is 0 Å². The van der Waals surface area contributed by atoms with Gasteiger partial charge in [0.05, 0.1) is 5.69 Å². The number of carbonyl (C=O) groups is 1. The second kappa shape index (κ2) is 5.13. The topological polar surface area (TPSA) is 30.0 Å². The van der Waals surface area contributed by atoms with Gasteiger partial charge in [0, 0.05) is 17.3 Å². The fourth-order valence-electron chi connectivity index (χ4n) is 2.01. The molecular formula is C16H17NO. The molecule has 1 aromatic carbocycles. The Bertz CT molecular complexity index is 556. The number of Topliss-reactive ketones (excluding diaryl/α,β-unsaturated/α-hetero) is 1. The van der Waals surface area contributed by atoms with Gasteiger partial charge in [-0.3, -0.25) is 9.78 Å². The Morgan fingerprint density at radius 3 is 2.33 bits per heavy atom. The zero-order chi connectivity index (χ0) is 13.1. The summed E-state index contributed by atoms with van der Waals surface area (Å²) in [6.07, 6.45) is 1.82. The first-order valence-electron chi connectivity index (χ1n) is 6.16. The molecule has 1 heterocycles. The molecule has 2 aromatic rings. The summed E-state index contributed by atoms with van der Waals surface area (Å²) in [5, 5.41) is 0. The molecule has 0 aliphatic rings. The molecule has 18 heavy (non-hydrogen) atoms. The number of rotatable bonds is 3. The van der Waals surface area contributed by atoms with E-state index in [4.69, 9.17) is 0 Å². The van der Waals surface area contributed by atoms with E-state index in [9.17, 15) is 4.79 Å². The van der Waals surface area contributed by atoms with Crippen molar-refractivity contribution in [2.75, 3.05) is 0 Å². The van der Waals surface area contributed by atoms with E-state index < -0.39 is 0 Å². The first-order valence-corrected chi connectivity index (χ1v) is 6.16. The van der Waals surface area contributed by atoms with E-state index in [1.165, 1.54) is 0 Å². The van der Waals surface area contributed by atoms with Crippen molar-refractivity contribution >= 4 is 5.78 Å². The average molecular weight is 239 g/mol. The lowest BCUT2D eigenvalue weighted by molar-refractivity contribution is 0.101. The lowest BCUT2D eigenvalue weighted by Gasteiger charge is -2.11. The van der Waals surface area contributed by atoms with Crippen LogP contribution in [0.5, 0.6) is 0 Å². The van der Waals surface area contributed by atoms with E-state index in [1.54, 1.807) is 6.92 Å². The number of nitrogens with zero attached hydrogens (tertiary/aromatic N) is 1. The molecule has 0 aliphatic carbocycles. The average Bonchev–Trinajstić information content (AvgIpc) is 2.39. The standard InChI is InChI=1S/C16H17NO/c1-11(2)16-15(5-4-10-17-16)14-8-6-13(7-9-14)12(3)18/h4-11H,1-3H3. The SMILES string of the molecule is CC(=O)c1ccc(-c2cccnc2C(C)C)cc1. The minimum Gasteiger partial charge on any atom is -0.295 e. The van der Waals surface area contributed by atoms with Crippen molar-refractivity contribution in [2.24, 2.45) is 0 Å². The molecule has 0 amide bonds. The molecule has 0 fully saturated rings. The van der Waals surface area contributed by atoms with Gasteiger partial charge in [-0.1, -0.05) is 44.2 Å².